The van der Waals surface area contributed by atoms with Crippen molar-refractivity contribution in [1.29, 1.82) is 0 Å². The lowest BCUT2D eigenvalue weighted by Gasteiger charge is -2.21. The molecule has 23 heavy (non-hydrogen) atoms. The Labute approximate surface area is 140 Å². The molecule has 0 aromatic heterocycles. The monoisotopic (exact) mass is 382 g/mol. The van der Waals surface area contributed by atoms with Crippen molar-refractivity contribution in [2.75, 3.05) is 16.8 Å². The predicted octanol–water partition coefficient (Wildman–Crippen LogP) is 3.72. The van der Waals surface area contributed by atoms with Crippen LogP contribution in [0.2, 0.25) is 0 Å². The van der Waals surface area contributed by atoms with Gasteiger partial charge in [-0.1, -0.05) is 22.0 Å². The minimum atomic E-state index is -0.879. The molecule has 0 aliphatic heterocycles. The first-order valence-corrected chi connectivity index (χ1v) is 7.44. The Balaban J connectivity index is 2.14. The lowest BCUT2D eigenvalue weighted by Crippen LogP contribution is -2.36. The average molecular weight is 383 g/mol. The van der Waals surface area contributed by atoms with E-state index in [1.165, 1.54) is 11.8 Å². The van der Waals surface area contributed by atoms with Gasteiger partial charge in [-0.15, -0.1) is 0 Å². The SMILES string of the molecule is CC(=O)N(CC(=O)Nc1ccc(F)cc1F)c1cccc(Br)c1. The third-order valence-electron chi connectivity index (χ3n) is 3.01. The van der Waals surface area contributed by atoms with Gasteiger partial charge in [0, 0.05) is 23.2 Å². The summed E-state index contributed by atoms with van der Waals surface area (Å²) < 4.78 is 27.1. The molecule has 0 spiro atoms. The molecule has 0 atom stereocenters. The van der Waals surface area contributed by atoms with E-state index in [1.54, 1.807) is 24.3 Å². The van der Waals surface area contributed by atoms with Crippen molar-refractivity contribution in [3.63, 3.8) is 0 Å². The molecule has 1 N–H and O–H groups in total. The fourth-order valence-corrected chi connectivity index (χ4v) is 2.34. The minimum absolute atomic E-state index is 0.144. The molecular formula is C16H13BrF2N2O2. The van der Waals surface area contributed by atoms with Crippen LogP contribution in [0.5, 0.6) is 0 Å². The smallest absolute Gasteiger partial charge is 0.244 e. The maximum atomic E-state index is 13.5. The molecule has 0 heterocycles. The molecule has 0 radical (unpaired) electrons. The second kappa shape index (κ2) is 7.32. The maximum Gasteiger partial charge on any atom is 0.244 e. The van der Waals surface area contributed by atoms with Gasteiger partial charge in [-0.25, -0.2) is 8.78 Å². The molecule has 0 bridgehead atoms. The van der Waals surface area contributed by atoms with Gasteiger partial charge < -0.3 is 10.2 Å². The Morgan fingerprint density at radius 3 is 2.52 bits per heavy atom. The van der Waals surface area contributed by atoms with Crippen LogP contribution < -0.4 is 10.2 Å². The van der Waals surface area contributed by atoms with Crippen LogP contribution in [0.4, 0.5) is 20.2 Å². The van der Waals surface area contributed by atoms with Crippen LogP contribution in [-0.4, -0.2) is 18.4 Å². The molecule has 2 rings (SSSR count). The van der Waals surface area contributed by atoms with Gasteiger partial charge in [0.05, 0.1) is 5.69 Å². The van der Waals surface area contributed by atoms with E-state index in [-0.39, 0.29) is 18.1 Å². The van der Waals surface area contributed by atoms with E-state index in [4.69, 9.17) is 0 Å². The topological polar surface area (TPSA) is 49.4 Å². The summed E-state index contributed by atoms with van der Waals surface area (Å²) in [5.74, 6) is -2.54. The zero-order valence-corrected chi connectivity index (χ0v) is 13.7. The summed E-state index contributed by atoms with van der Waals surface area (Å²) in [5.41, 5.74) is 0.385. The number of halogens is 3. The van der Waals surface area contributed by atoms with Crippen molar-refractivity contribution >= 4 is 39.1 Å². The van der Waals surface area contributed by atoms with Crippen LogP contribution in [-0.2, 0) is 9.59 Å². The molecule has 7 heteroatoms. The van der Waals surface area contributed by atoms with E-state index in [0.29, 0.717) is 11.8 Å². The first-order valence-electron chi connectivity index (χ1n) is 6.65. The molecule has 2 amide bonds. The number of hydrogen-bond donors (Lipinski definition) is 1. The number of carbonyl (C=O) groups is 2. The molecule has 2 aromatic carbocycles. The molecule has 0 aliphatic rings. The molecular weight excluding hydrogens is 370 g/mol. The van der Waals surface area contributed by atoms with Crippen LogP contribution in [0.25, 0.3) is 0 Å². The molecule has 0 fully saturated rings. The molecule has 4 nitrogen and oxygen atoms in total. The summed E-state index contributed by atoms with van der Waals surface area (Å²) >= 11 is 3.29. The van der Waals surface area contributed by atoms with Crippen molar-refractivity contribution in [3.05, 3.63) is 58.6 Å². The van der Waals surface area contributed by atoms with Gasteiger partial charge >= 0.3 is 0 Å². The molecule has 2 aromatic rings. The zero-order chi connectivity index (χ0) is 17.0. The van der Waals surface area contributed by atoms with Gasteiger partial charge in [-0.3, -0.25) is 9.59 Å². The van der Waals surface area contributed by atoms with E-state index in [1.807, 2.05) is 0 Å². The normalized spacial score (nSPS) is 10.3. The van der Waals surface area contributed by atoms with Gasteiger partial charge in [-0.05, 0) is 30.3 Å². The Kier molecular flexibility index (Phi) is 5.44. The summed E-state index contributed by atoms with van der Waals surface area (Å²) in [7, 11) is 0. The van der Waals surface area contributed by atoms with Gasteiger partial charge in [0.1, 0.15) is 18.2 Å². The first kappa shape index (κ1) is 17.1. The summed E-state index contributed by atoms with van der Waals surface area (Å²) in [6.45, 7) is 1.04. The highest BCUT2D eigenvalue weighted by molar-refractivity contribution is 9.10. The highest BCUT2D eigenvalue weighted by atomic mass is 79.9. The van der Waals surface area contributed by atoms with E-state index in [2.05, 4.69) is 21.2 Å². The van der Waals surface area contributed by atoms with Gasteiger partial charge in [0.2, 0.25) is 11.8 Å². The van der Waals surface area contributed by atoms with Gasteiger partial charge in [0.15, 0.2) is 0 Å². The Morgan fingerprint density at radius 2 is 1.91 bits per heavy atom. The molecule has 0 saturated heterocycles. The Morgan fingerprint density at radius 1 is 1.17 bits per heavy atom. The minimum Gasteiger partial charge on any atom is -0.322 e. The van der Waals surface area contributed by atoms with E-state index >= 15 is 0 Å². The highest BCUT2D eigenvalue weighted by Gasteiger charge is 2.17. The van der Waals surface area contributed by atoms with Crippen molar-refractivity contribution < 1.29 is 18.4 Å². The van der Waals surface area contributed by atoms with Crippen molar-refractivity contribution in [2.24, 2.45) is 0 Å². The van der Waals surface area contributed by atoms with Crippen LogP contribution in [0.3, 0.4) is 0 Å². The summed E-state index contributed by atoms with van der Waals surface area (Å²) in [5, 5.41) is 2.32. The number of carbonyl (C=O) groups excluding carboxylic acids is 2. The number of hydrogen-bond acceptors (Lipinski definition) is 2. The van der Waals surface area contributed by atoms with E-state index in [9.17, 15) is 18.4 Å². The van der Waals surface area contributed by atoms with Crippen LogP contribution in [0, 0.1) is 11.6 Å². The van der Waals surface area contributed by atoms with Crippen molar-refractivity contribution in [3.8, 4) is 0 Å². The number of amides is 2. The van der Waals surface area contributed by atoms with Crippen molar-refractivity contribution in [2.45, 2.75) is 6.92 Å². The average Bonchev–Trinajstić information content (AvgIpc) is 2.47. The van der Waals surface area contributed by atoms with Crippen LogP contribution in [0.1, 0.15) is 6.92 Å². The maximum absolute atomic E-state index is 13.5. The lowest BCUT2D eigenvalue weighted by molar-refractivity contribution is -0.120. The fourth-order valence-electron chi connectivity index (χ4n) is 1.95. The second-order valence-electron chi connectivity index (χ2n) is 4.76. The molecule has 0 saturated carbocycles. The second-order valence-corrected chi connectivity index (χ2v) is 5.67. The lowest BCUT2D eigenvalue weighted by atomic mass is 10.2. The molecule has 120 valence electrons. The van der Waals surface area contributed by atoms with E-state index < -0.39 is 17.5 Å². The first-order chi connectivity index (χ1) is 10.9. The highest BCUT2D eigenvalue weighted by Crippen LogP contribution is 2.20. The summed E-state index contributed by atoms with van der Waals surface area (Å²) in [4.78, 5) is 25.1. The van der Waals surface area contributed by atoms with Crippen LogP contribution in [0.15, 0.2) is 46.9 Å². The number of benzene rings is 2. The Bertz CT molecular complexity index is 753. The predicted molar refractivity (Wildman–Crippen MR) is 87.2 cm³/mol. The standard InChI is InChI=1S/C16H13BrF2N2O2/c1-10(22)21(13-4-2-3-11(17)7-13)9-16(23)20-15-6-5-12(18)8-14(15)19/h2-8H,9H2,1H3,(H,20,23). The summed E-state index contributed by atoms with van der Waals surface area (Å²) in [6.07, 6.45) is 0. The quantitative estimate of drug-likeness (QED) is 0.875. The third-order valence-corrected chi connectivity index (χ3v) is 3.50. The van der Waals surface area contributed by atoms with Gasteiger partial charge in [0.25, 0.3) is 0 Å². The third kappa shape index (κ3) is 4.59. The zero-order valence-electron chi connectivity index (χ0n) is 12.1. The number of nitrogens with zero attached hydrogens (tertiary/aromatic N) is 1. The summed E-state index contributed by atoms with van der Waals surface area (Å²) in [6, 6.07) is 9.72. The van der Waals surface area contributed by atoms with E-state index in [0.717, 1.165) is 16.6 Å². The number of nitrogens with one attached hydrogen (secondary N) is 1. The van der Waals surface area contributed by atoms with Crippen molar-refractivity contribution in [1.82, 2.24) is 0 Å². The number of rotatable bonds is 4. The molecule has 0 unspecified atom stereocenters. The van der Waals surface area contributed by atoms with Gasteiger partial charge in [-0.2, -0.15) is 0 Å². The number of anilines is 2. The largest absolute Gasteiger partial charge is 0.322 e. The molecule has 0 aliphatic carbocycles. The fraction of sp³-hybridized carbons (Fsp3) is 0.125. The van der Waals surface area contributed by atoms with Crippen LogP contribution >= 0.6 is 15.9 Å². The Hall–Kier alpha value is -2.28.